The van der Waals surface area contributed by atoms with Gasteiger partial charge in [-0.1, -0.05) is 0 Å². The highest BCUT2D eigenvalue weighted by Gasteiger charge is 2.23. The number of nitrogens with zero attached hydrogens (tertiary/aromatic N) is 3. The summed E-state index contributed by atoms with van der Waals surface area (Å²) in [5.74, 6) is 1.78. The fourth-order valence-electron chi connectivity index (χ4n) is 2.44. The van der Waals surface area contributed by atoms with Crippen molar-refractivity contribution in [2.75, 3.05) is 20.1 Å². The summed E-state index contributed by atoms with van der Waals surface area (Å²) in [5.41, 5.74) is 8.15. The van der Waals surface area contributed by atoms with E-state index in [2.05, 4.69) is 33.5 Å². The van der Waals surface area contributed by atoms with Crippen molar-refractivity contribution in [1.82, 2.24) is 9.88 Å². The predicted molar refractivity (Wildman–Crippen MR) is 76.0 cm³/mol. The standard InChI is InChI=1S/C13H21N5/c1-9-8-17-12(15-2)11(9)13(16-3)18-6-4-10(14)5-7-18/h8,10,17H,2,4-7,14H2,1,3H3/b16-13+. The van der Waals surface area contributed by atoms with E-state index in [9.17, 15) is 0 Å². The van der Waals surface area contributed by atoms with E-state index in [1.165, 1.54) is 0 Å². The van der Waals surface area contributed by atoms with Crippen molar-refractivity contribution in [2.24, 2.45) is 15.7 Å². The Labute approximate surface area is 108 Å². The van der Waals surface area contributed by atoms with Crippen molar-refractivity contribution in [1.29, 1.82) is 0 Å². The number of aromatic nitrogens is 1. The van der Waals surface area contributed by atoms with Crippen LogP contribution in [0.1, 0.15) is 24.0 Å². The molecule has 18 heavy (non-hydrogen) atoms. The first-order valence-corrected chi connectivity index (χ1v) is 6.29. The summed E-state index contributed by atoms with van der Waals surface area (Å²) in [5, 5.41) is 0. The van der Waals surface area contributed by atoms with Gasteiger partial charge < -0.3 is 15.6 Å². The van der Waals surface area contributed by atoms with Crippen molar-refractivity contribution in [3.05, 3.63) is 17.3 Å². The van der Waals surface area contributed by atoms with Crippen molar-refractivity contribution >= 4 is 18.4 Å². The Morgan fingerprint density at radius 3 is 2.72 bits per heavy atom. The zero-order valence-corrected chi connectivity index (χ0v) is 11.1. The molecule has 0 aromatic carbocycles. The van der Waals surface area contributed by atoms with Crippen LogP contribution in [0.25, 0.3) is 0 Å². The fourth-order valence-corrected chi connectivity index (χ4v) is 2.44. The van der Waals surface area contributed by atoms with Gasteiger partial charge in [-0.25, -0.2) is 4.99 Å². The van der Waals surface area contributed by atoms with Crippen LogP contribution in [0, 0.1) is 6.92 Å². The molecule has 1 fully saturated rings. The molecule has 98 valence electrons. The van der Waals surface area contributed by atoms with Gasteiger partial charge in [0.25, 0.3) is 0 Å². The molecular formula is C13H21N5. The van der Waals surface area contributed by atoms with Crippen molar-refractivity contribution in [2.45, 2.75) is 25.8 Å². The average Bonchev–Trinajstić information content (AvgIpc) is 2.74. The lowest BCUT2D eigenvalue weighted by Gasteiger charge is -2.32. The summed E-state index contributed by atoms with van der Waals surface area (Å²) in [4.78, 5) is 13.9. The molecule has 0 radical (unpaired) electrons. The van der Waals surface area contributed by atoms with Gasteiger partial charge in [0.1, 0.15) is 11.7 Å². The number of likely N-dealkylation sites (tertiary alicyclic amines) is 1. The first-order chi connectivity index (χ1) is 8.67. The first kappa shape index (κ1) is 12.8. The second kappa shape index (κ2) is 5.35. The number of rotatable bonds is 2. The van der Waals surface area contributed by atoms with Gasteiger partial charge in [0, 0.05) is 32.4 Å². The van der Waals surface area contributed by atoms with Crippen LogP contribution in [-0.4, -0.2) is 48.6 Å². The van der Waals surface area contributed by atoms with Crippen LogP contribution in [-0.2, 0) is 0 Å². The highest BCUT2D eigenvalue weighted by molar-refractivity contribution is 6.04. The third kappa shape index (κ3) is 2.31. The molecule has 0 saturated carbocycles. The molecule has 1 aromatic heterocycles. The number of amidine groups is 1. The third-order valence-corrected chi connectivity index (χ3v) is 3.49. The molecule has 1 saturated heterocycles. The summed E-state index contributed by atoms with van der Waals surface area (Å²) < 4.78 is 0. The normalized spacial score (nSPS) is 18.2. The molecular weight excluding hydrogens is 226 g/mol. The van der Waals surface area contributed by atoms with Gasteiger partial charge in [0.2, 0.25) is 0 Å². The Bertz CT molecular complexity index is 452. The van der Waals surface area contributed by atoms with Crippen molar-refractivity contribution < 1.29 is 0 Å². The summed E-state index contributed by atoms with van der Waals surface area (Å²) in [6, 6.07) is 0.323. The number of nitrogens with two attached hydrogens (primary N) is 1. The van der Waals surface area contributed by atoms with E-state index >= 15 is 0 Å². The monoisotopic (exact) mass is 247 g/mol. The van der Waals surface area contributed by atoms with Gasteiger partial charge in [0.15, 0.2) is 0 Å². The highest BCUT2D eigenvalue weighted by atomic mass is 15.2. The minimum Gasteiger partial charge on any atom is -0.356 e. The van der Waals surface area contributed by atoms with Crippen LogP contribution >= 0.6 is 0 Å². The van der Waals surface area contributed by atoms with E-state index < -0.39 is 0 Å². The Balaban J connectivity index is 2.29. The largest absolute Gasteiger partial charge is 0.356 e. The molecule has 0 atom stereocenters. The summed E-state index contributed by atoms with van der Waals surface area (Å²) in [6.07, 6.45) is 3.97. The van der Waals surface area contributed by atoms with Gasteiger partial charge in [0.05, 0.1) is 5.56 Å². The Morgan fingerprint density at radius 2 is 2.17 bits per heavy atom. The zero-order valence-electron chi connectivity index (χ0n) is 11.1. The molecule has 2 rings (SSSR count). The maximum Gasteiger partial charge on any atom is 0.140 e. The smallest absolute Gasteiger partial charge is 0.140 e. The van der Waals surface area contributed by atoms with E-state index in [-0.39, 0.29) is 0 Å². The minimum absolute atomic E-state index is 0.323. The molecule has 3 N–H and O–H groups in total. The molecule has 1 aromatic rings. The van der Waals surface area contributed by atoms with Crippen LogP contribution in [0.5, 0.6) is 0 Å². The number of hydrogen-bond donors (Lipinski definition) is 2. The Morgan fingerprint density at radius 1 is 1.50 bits per heavy atom. The number of piperidine rings is 1. The fraction of sp³-hybridized carbons (Fsp3) is 0.538. The lowest BCUT2D eigenvalue weighted by molar-refractivity contribution is 0.314. The number of hydrogen-bond acceptors (Lipinski definition) is 3. The lowest BCUT2D eigenvalue weighted by Crippen LogP contribution is -2.43. The second-order valence-corrected chi connectivity index (χ2v) is 4.73. The number of aromatic amines is 1. The Hall–Kier alpha value is -1.62. The van der Waals surface area contributed by atoms with Gasteiger partial charge in [-0.15, -0.1) is 0 Å². The zero-order chi connectivity index (χ0) is 13.1. The van der Waals surface area contributed by atoms with Gasteiger partial charge in [-0.05, 0) is 32.0 Å². The van der Waals surface area contributed by atoms with E-state index in [1.807, 2.05) is 13.2 Å². The SMILES string of the molecule is C=Nc1[nH]cc(C)c1/C(=N\C)N1CCC(N)CC1. The van der Waals surface area contributed by atoms with Gasteiger partial charge >= 0.3 is 0 Å². The molecule has 1 aliphatic heterocycles. The summed E-state index contributed by atoms with van der Waals surface area (Å²) in [6.45, 7) is 7.57. The number of aryl methyl sites for hydroxylation is 1. The molecule has 2 heterocycles. The molecule has 5 heteroatoms. The summed E-state index contributed by atoms with van der Waals surface area (Å²) >= 11 is 0. The van der Waals surface area contributed by atoms with Gasteiger partial charge in [-0.3, -0.25) is 4.99 Å². The topological polar surface area (TPSA) is 69.8 Å². The quantitative estimate of drug-likeness (QED) is 0.613. The minimum atomic E-state index is 0.323. The molecule has 0 spiro atoms. The van der Waals surface area contributed by atoms with E-state index in [0.717, 1.165) is 48.7 Å². The molecule has 0 bridgehead atoms. The second-order valence-electron chi connectivity index (χ2n) is 4.73. The van der Waals surface area contributed by atoms with Crippen LogP contribution in [0.2, 0.25) is 0 Å². The van der Waals surface area contributed by atoms with E-state index in [0.29, 0.717) is 6.04 Å². The molecule has 1 aliphatic rings. The van der Waals surface area contributed by atoms with Crippen molar-refractivity contribution in [3.63, 3.8) is 0 Å². The third-order valence-electron chi connectivity index (χ3n) is 3.49. The maximum atomic E-state index is 5.94. The van der Waals surface area contributed by atoms with E-state index in [1.54, 1.807) is 0 Å². The van der Waals surface area contributed by atoms with Crippen LogP contribution in [0.4, 0.5) is 5.82 Å². The molecule has 0 aliphatic carbocycles. The van der Waals surface area contributed by atoms with Crippen LogP contribution < -0.4 is 5.73 Å². The number of nitrogens with one attached hydrogen (secondary N) is 1. The predicted octanol–water partition coefficient (Wildman–Crippen LogP) is 1.45. The number of H-pyrrole nitrogens is 1. The van der Waals surface area contributed by atoms with Gasteiger partial charge in [-0.2, -0.15) is 0 Å². The van der Waals surface area contributed by atoms with Crippen LogP contribution in [0.3, 0.4) is 0 Å². The maximum absolute atomic E-state index is 5.94. The summed E-state index contributed by atoms with van der Waals surface area (Å²) in [7, 11) is 1.82. The molecule has 0 amide bonds. The molecule has 5 nitrogen and oxygen atoms in total. The Kier molecular flexibility index (Phi) is 3.81. The molecule has 0 unspecified atom stereocenters. The number of aliphatic imine (C=N–C) groups is 2. The van der Waals surface area contributed by atoms with Crippen molar-refractivity contribution in [3.8, 4) is 0 Å². The first-order valence-electron chi connectivity index (χ1n) is 6.29. The van der Waals surface area contributed by atoms with E-state index in [4.69, 9.17) is 5.73 Å². The highest BCUT2D eigenvalue weighted by Crippen LogP contribution is 2.24. The lowest BCUT2D eigenvalue weighted by atomic mass is 10.0. The van der Waals surface area contributed by atoms with Crippen LogP contribution in [0.15, 0.2) is 16.2 Å². The average molecular weight is 247 g/mol.